The van der Waals surface area contributed by atoms with E-state index in [9.17, 15) is 4.79 Å². The highest BCUT2D eigenvalue weighted by Crippen LogP contribution is 2.26. The number of rotatable bonds is 6. The van der Waals surface area contributed by atoms with E-state index in [1.165, 1.54) is 0 Å². The highest BCUT2D eigenvalue weighted by molar-refractivity contribution is 5.98. The van der Waals surface area contributed by atoms with Crippen molar-refractivity contribution in [2.45, 2.75) is 39.2 Å². The summed E-state index contributed by atoms with van der Waals surface area (Å²) in [5.41, 5.74) is 1.97. The van der Waals surface area contributed by atoms with Crippen molar-refractivity contribution in [2.75, 3.05) is 20.2 Å². The highest BCUT2D eigenvalue weighted by Gasteiger charge is 2.17. The first-order chi connectivity index (χ1) is 9.11. The number of nitrogens with zero attached hydrogens (tertiary/aromatic N) is 1. The first-order valence-corrected chi connectivity index (χ1v) is 7.11. The molecule has 3 heteroatoms. The fourth-order valence-corrected chi connectivity index (χ4v) is 2.47. The molecule has 0 saturated heterocycles. The van der Waals surface area contributed by atoms with E-state index >= 15 is 0 Å². The molecule has 3 nitrogen and oxygen atoms in total. The number of ether oxygens (including phenoxy) is 1. The number of benzene rings is 1. The van der Waals surface area contributed by atoms with Gasteiger partial charge in [0.1, 0.15) is 5.75 Å². The van der Waals surface area contributed by atoms with Crippen LogP contribution in [0.15, 0.2) is 18.2 Å². The number of hydrogen-bond acceptors (Lipinski definition) is 3. The van der Waals surface area contributed by atoms with Crippen molar-refractivity contribution >= 4 is 5.78 Å². The molecule has 0 fully saturated rings. The molecule has 0 aliphatic carbocycles. The molecule has 0 aromatic heterocycles. The SMILES string of the molecule is CCCC(C)N(C)CC(=O)c1ccc2c(c1)CCO2. The Balaban J connectivity index is 2.00. The fourth-order valence-electron chi connectivity index (χ4n) is 2.47. The maximum Gasteiger partial charge on any atom is 0.176 e. The summed E-state index contributed by atoms with van der Waals surface area (Å²) in [5, 5.41) is 0. The Morgan fingerprint density at radius 1 is 1.47 bits per heavy atom. The Hall–Kier alpha value is -1.35. The quantitative estimate of drug-likeness (QED) is 0.737. The minimum Gasteiger partial charge on any atom is -0.493 e. The minimum atomic E-state index is 0.195. The number of Topliss-reactive ketones (excluding diaryl/α,β-unsaturated/α-hetero) is 1. The van der Waals surface area contributed by atoms with Crippen LogP contribution < -0.4 is 4.74 Å². The van der Waals surface area contributed by atoms with E-state index in [1.54, 1.807) is 0 Å². The van der Waals surface area contributed by atoms with Crippen LogP contribution in [0.5, 0.6) is 5.75 Å². The Bertz CT molecular complexity index is 456. The largest absolute Gasteiger partial charge is 0.493 e. The lowest BCUT2D eigenvalue weighted by Crippen LogP contribution is -2.33. The van der Waals surface area contributed by atoms with Crippen molar-refractivity contribution in [1.82, 2.24) is 4.90 Å². The third-order valence-corrected chi connectivity index (χ3v) is 3.86. The van der Waals surface area contributed by atoms with Crippen molar-refractivity contribution in [3.8, 4) is 5.75 Å². The van der Waals surface area contributed by atoms with Gasteiger partial charge in [0.05, 0.1) is 13.2 Å². The molecular weight excluding hydrogens is 238 g/mol. The lowest BCUT2D eigenvalue weighted by molar-refractivity contribution is 0.0921. The van der Waals surface area contributed by atoms with Gasteiger partial charge in [-0.1, -0.05) is 13.3 Å². The van der Waals surface area contributed by atoms with Gasteiger partial charge in [0.25, 0.3) is 0 Å². The average molecular weight is 261 g/mol. The molecule has 2 rings (SSSR count). The van der Waals surface area contributed by atoms with E-state index in [0.717, 1.165) is 42.7 Å². The van der Waals surface area contributed by atoms with E-state index in [2.05, 4.69) is 18.7 Å². The molecule has 0 amide bonds. The molecular formula is C16H23NO2. The van der Waals surface area contributed by atoms with Crippen LogP contribution in [0.4, 0.5) is 0 Å². The Labute approximate surface area is 115 Å². The van der Waals surface area contributed by atoms with Gasteiger partial charge in [0, 0.05) is 18.0 Å². The van der Waals surface area contributed by atoms with Crippen LogP contribution in [-0.4, -0.2) is 36.9 Å². The molecule has 1 aromatic carbocycles. The first-order valence-electron chi connectivity index (χ1n) is 7.11. The van der Waals surface area contributed by atoms with Gasteiger partial charge in [-0.25, -0.2) is 0 Å². The van der Waals surface area contributed by atoms with Gasteiger partial charge in [0.2, 0.25) is 0 Å². The fraction of sp³-hybridized carbons (Fsp3) is 0.562. The zero-order valence-electron chi connectivity index (χ0n) is 12.1. The average Bonchev–Trinajstić information content (AvgIpc) is 2.85. The third kappa shape index (κ3) is 3.35. The normalized spacial score (nSPS) is 15.2. The molecule has 1 aromatic rings. The van der Waals surface area contributed by atoms with Crippen molar-refractivity contribution in [1.29, 1.82) is 0 Å². The van der Waals surface area contributed by atoms with E-state index in [-0.39, 0.29) is 5.78 Å². The Morgan fingerprint density at radius 3 is 3.00 bits per heavy atom. The van der Waals surface area contributed by atoms with Crippen LogP contribution in [0.1, 0.15) is 42.6 Å². The number of carbonyl (C=O) groups excluding carboxylic acids is 1. The van der Waals surface area contributed by atoms with E-state index in [4.69, 9.17) is 4.74 Å². The second-order valence-electron chi connectivity index (χ2n) is 5.40. The van der Waals surface area contributed by atoms with E-state index in [1.807, 2.05) is 25.2 Å². The van der Waals surface area contributed by atoms with E-state index in [0.29, 0.717) is 12.6 Å². The summed E-state index contributed by atoms with van der Waals surface area (Å²) < 4.78 is 5.46. The number of likely N-dealkylation sites (N-methyl/N-ethyl adjacent to an activating group) is 1. The number of hydrogen-bond donors (Lipinski definition) is 0. The van der Waals surface area contributed by atoms with Gasteiger partial charge in [-0.2, -0.15) is 0 Å². The molecule has 0 bridgehead atoms. The summed E-state index contributed by atoms with van der Waals surface area (Å²) in [6.07, 6.45) is 3.19. The molecule has 1 atom stereocenters. The Morgan fingerprint density at radius 2 is 2.26 bits per heavy atom. The predicted molar refractivity (Wildman–Crippen MR) is 77.0 cm³/mol. The molecule has 1 aliphatic heterocycles. The zero-order valence-corrected chi connectivity index (χ0v) is 12.1. The minimum absolute atomic E-state index is 0.195. The van der Waals surface area contributed by atoms with Gasteiger partial charge in [0.15, 0.2) is 5.78 Å². The number of ketones is 1. The Kier molecular flexibility index (Phi) is 4.59. The second-order valence-corrected chi connectivity index (χ2v) is 5.40. The molecule has 0 radical (unpaired) electrons. The zero-order chi connectivity index (χ0) is 13.8. The lowest BCUT2D eigenvalue weighted by Gasteiger charge is -2.23. The molecule has 1 heterocycles. The standard InChI is InChI=1S/C16H23NO2/c1-4-5-12(2)17(3)11-15(18)13-6-7-16-14(10-13)8-9-19-16/h6-7,10,12H,4-5,8-9,11H2,1-3H3. The van der Waals surface area contributed by atoms with Crippen LogP contribution >= 0.6 is 0 Å². The predicted octanol–water partition coefficient (Wildman–Crippen LogP) is 2.92. The summed E-state index contributed by atoms with van der Waals surface area (Å²) in [4.78, 5) is 14.4. The van der Waals surface area contributed by atoms with Crippen LogP contribution in [-0.2, 0) is 6.42 Å². The summed E-state index contributed by atoms with van der Waals surface area (Å²) in [7, 11) is 2.02. The summed E-state index contributed by atoms with van der Waals surface area (Å²) in [6, 6.07) is 6.24. The molecule has 0 N–H and O–H groups in total. The monoisotopic (exact) mass is 261 g/mol. The highest BCUT2D eigenvalue weighted by atomic mass is 16.5. The van der Waals surface area contributed by atoms with Crippen LogP contribution in [0.25, 0.3) is 0 Å². The number of fused-ring (bicyclic) bond motifs is 1. The topological polar surface area (TPSA) is 29.5 Å². The molecule has 1 aliphatic rings. The van der Waals surface area contributed by atoms with Gasteiger partial charge in [-0.3, -0.25) is 9.69 Å². The van der Waals surface area contributed by atoms with Crippen LogP contribution in [0, 0.1) is 0 Å². The lowest BCUT2D eigenvalue weighted by atomic mass is 10.0. The molecule has 0 saturated carbocycles. The first kappa shape index (κ1) is 14.1. The van der Waals surface area contributed by atoms with E-state index < -0.39 is 0 Å². The number of carbonyl (C=O) groups is 1. The summed E-state index contributed by atoms with van der Waals surface area (Å²) >= 11 is 0. The maximum atomic E-state index is 12.3. The third-order valence-electron chi connectivity index (χ3n) is 3.86. The van der Waals surface area contributed by atoms with Gasteiger partial charge in [-0.05, 0) is 44.2 Å². The summed E-state index contributed by atoms with van der Waals surface area (Å²) in [6.45, 7) is 5.57. The van der Waals surface area contributed by atoms with Crippen molar-refractivity contribution < 1.29 is 9.53 Å². The van der Waals surface area contributed by atoms with Crippen LogP contribution in [0.2, 0.25) is 0 Å². The molecule has 104 valence electrons. The molecule has 19 heavy (non-hydrogen) atoms. The van der Waals surface area contributed by atoms with Crippen molar-refractivity contribution in [2.24, 2.45) is 0 Å². The molecule has 0 spiro atoms. The smallest absolute Gasteiger partial charge is 0.176 e. The van der Waals surface area contributed by atoms with Gasteiger partial charge < -0.3 is 4.74 Å². The van der Waals surface area contributed by atoms with Crippen molar-refractivity contribution in [3.63, 3.8) is 0 Å². The van der Waals surface area contributed by atoms with Gasteiger partial charge >= 0.3 is 0 Å². The molecule has 1 unspecified atom stereocenters. The van der Waals surface area contributed by atoms with Crippen LogP contribution in [0.3, 0.4) is 0 Å². The maximum absolute atomic E-state index is 12.3. The van der Waals surface area contributed by atoms with Gasteiger partial charge in [-0.15, -0.1) is 0 Å². The second kappa shape index (κ2) is 6.20. The summed E-state index contributed by atoms with van der Waals surface area (Å²) in [5.74, 6) is 1.13. The van der Waals surface area contributed by atoms with Crippen molar-refractivity contribution in [3.05, 3.63) is 29.3 Å².